The Kier molecular flexibility index (Phi) is 3.30. The van der Waals surface area contributed by atoms with Crippen molar-refractivity contribution in [3.05, 3.63) is 109 Å². The highest BCUT2D eigenvalue weighted by Gasteiger charge is 2.23. The van der Waals surface area contributed by atoms with Gasteiger partial charge in [0.15, 0.2) is 0 Å². The fraction of sp³-hybridized carbons (Fsp3) is 0.0370. The van der Waals surface area contributed by atoms with E-state index < -0.39 is 0 Å². The first kappa shape index (κ1) is 16.6. The summed E-state index contributed by atoms with van der Waals surface area (Å²) < 4.78 is 4.31. The van der Waals surface area contributed by atoms with E-state index in [0.29, 0.717) is 0 Å². The van der Waals surface area contributed by atoms with Gasteiger partial charge < -0.3 is 4.57 Å². The average molecular weight is 398 g/mol. The zero-order valence-electron chi connectivity index (χ0n) is 16.7. The van der Waals surface area contributed by atoms with E-state index in [4.69, 9.17) is 4.98 Å². The molecule has 146 valence electrons. The maximum atomic E-state index is 5.22. The Hall–Kier alpha value is -4.18. The molecule has 0 aliphatic heterocycles. The number of hydrogen-bond donors (Lipinski definition) is 0. The highest BCUT2D eigenvalue weighted by molar-refractivity contribution is 6.09. The molecule has 1 aliphatic carbocycles. The van der Waals surface area contributed by atoms with Crippen LogP contribution in [0.15, 0.2) is 97.6 Å². The number of rotatable bonds is 2. The molecule has 4 nitrogen and oxygen atoms in total. The third kappa shape index (κ3) is 2.36. The third-order valence-corrected chi connectivity index (χ3v) is 6.28. The molecule has 0 saturated heterocycles. The maximum Gasteiger partial charge on any atom is 0.145 e. The molecule has 31 heavy (non-hydrogen) atoms. The van der Waals surface area contributed by atoms with Crippen molar-refractivity contribution in [2.75, 3.05) is 0 Å². The normalized spacial score (nSPS) is 12.4. The quantitative estimate of drug-likeness (QED) is 0.361. The van der Waals surface area contributed by atoms with Crippen LogP contribution in [0.5, 0.6) is 0 Å². The number of fused-ring (bicyclic) bond motifs is 6. The fourth-order valence-electron chi connectivity index (χ4n) is 4.87. The Morgan fingerprint density at radius 2 is 1.61 bits per heavy atom. The molecule has 3 aromatic heterocycles. The first-order valence-electron chi connectivity index (χ1n) is 10.5. The summed E-state index contributed by atoms with van der Waals surface area (Å²) in [6.45, 7) is 0. The molecule has 0 amide bonds. The molecule has 1 aliphatic rings. The molecule has 7 rings (SSSR count). The lowest BCUT2D eigenvalue weighted by atomic mass is 10.1. The first-order chi connectivity index (χ1) is 15.4. The molecule has 0 radical (unpaired) electrons. The van der Waals surface area contributed by atoms with Crippen LogP contribution in [-0.2, 0) is 6.42 Å². The summed E-state index contributed by atoms with van der Waals surface area (Å²) in [7, 11) is 0. The molecule has 0 fully saturated rings. The average Bonchev–Trinajstić information content (AvgIpc) is 3.54. The van der Waals surface area contributed by atoms with Gasteiger partial charge in [-0.25, -0.2) is 9.97 Å². The van der Waals surface area contributed by atoms with Crippen LogP contribution in [0.4, 0.5) is 0 Å². The minimum atomic E-state index is 0.887. The number of benzene rings is 3. The number of pyridine rings is 1. The molecular formula is C27H18N4. The second-order valence-corrected chi connectivity index (χ2v) is 8.03. The zero-order valence-corrected chi connectivity index (χ0v) is 16.7. The maximum absolute atomic E-state index is 5.22. The molecule has 0 atom stereocenters. The van der Waals surface area contributed by atoms with E-state index >= 15 is 0 Å². The molecule has 0 spiro atoms. The SMILES string of the molecule is c1cc(-n2ccnc2)cc(-n2c3ccccc3c3cc4c(nc32)Cc2ccccc2-4)c1. The summed E-state index contributed by atoms with van der Waals surface area (Å²) in [5.41, 5.74) is 9.44. The van der Waals surface area contributed by atoms with Gasteiger partial charge in [-0.05, 0) is 41.5 Å². The summed E-state index contributed by atoms with van der Waals surface area (Å²) in [6.07, 6.45) is 6.48. The summed E-state index contributed by atoms with van der Waals surface area (Å²) in [5.74, 6) is 0. The number of hydrogen-bond acceptors (Lipinski definition) is 2. The van der Waals surface area contributed by atoms with Crippen molar-refractivity contribution in [1.82, 2.24) is 19.1 Å². The lowest BCUT2D eigenvalue weighted by Crippen LogP contribution is -1.99. The topological polar surface area (TPSA) is 35.6 Å². The predicted molar refractivity (Wildman–Crippen MR) is 124 cm³/mol. The molecule has 0 saturated carbocycles. The largest absolute Gasteiger partial charge is 0.306 e. The van der Waals surface area contributed by atoms with E-state index in [1.807, 2.05) is 17.1 Å². The van der Waals surface area contributed by atoms with Crippen molar-refractivity contribution < 1.29 is 0 Å². The lowest BCUT2D eigenvalue weighted by molar-refractivity contribution is 1.04. The minimum absolute atomic E-state index is 0.887. The van der Waals surface area contributed by atoms with Crippen LogP contribution in [-0.4, -0.2) is 19.1 Å². The van der Waals surface area contributed by atoms with Gasteiger partial charge in [0.1, 0.15) is 5.65 Å². The lowest BCUT2D eigenvalue weighted by Gasteiger charge is -2.10. The van der Waals surface area contributed by atoms with Gasteiger partial charge in [-0.3, -0.25) is 4.57 Å². The Balaban J connectivity index is 1.54. The van der Waals surface area contributed by atoms with Crippen molar-refractivity contribution in [3.8, 4) is 22.5 Å². The van der Waals surface area contributed by atoms with Gasteiger partial charge in [0, 0.05) is 46.5 Å². The van der Waals surface area contributed by atoms with E-state index in [2.05, 4.69) is 88.4 Å². The Morgan fingerprint density at radius 1 is 0.742 bits per heavy atom. The van der Waals surface area contributed by atoms with Crippen LogP contribution in [0, 0.1) is 0 Å². The standard InChI is InChI=1S/C27H18N4/c1-2-9-21-18(6-1)14-25-23(21)16-24-22-10-3-4-11-26(22)31(27(24)29-25)20-8-5-7-19(15-20)30-13-12-28-17-30/h1-13,15-17H,14H2. The minimum Gasteiger partial charge on any atom is -0.306 e. The Bertz CT molecular complexity index is 1610. The highest BCUT2D eigenvalue weighted by Crippen LogP contribution is 2.40. The smallest absolute Gasteiger partial charge is 0.145 e. The molecule has 0 N–H and O–H groups in total. The third-order valence-electron chi connectivity index (χ3n) is 6.28. The highest BCUT2D eigenvalue weighted by atomic mass is 15.1. The van der Waals surface area contributed by atoms with Crippen LogP contribution in [0.3, 0.4) is 0 Å². The van der Waals surface area contributed by atoms with Crippen molar-refractivity contribution in [1.29, 1.82) is 0 Å². The van der Waals surface area contributed by atoms with Crippen LogP contribution >= 0.6 is 0 Å². The van der Waals surface area contributed by atoms with Crippen LogP contribution < -0.4 is 0 Å². The van der Waals surface area contributed by atoms with Gasteiger partial charge in [-0.1, -0.05) is 48.5 Å². The van der Waals surface area contributed by atoms with E-state index in [9.17, 15) is 0 Å². The summed E-state index contributed by atoms with van der Waals surface area (Å²) in [6, 6.07) is 28.1. The number of imidazole rings is 1. The van der Waals surface area contributed by atoms with Crippen molar-refractivity contribution >= 4 is 21.9 Å². The van der Waals surface area contributed by atoms with Gasteiger partial charge >= 0.3 is 0 Å². The van der Waals surface area contributed by atoms with E-state index in [-0.39, 0.29) is 0 Å². The molecule has 4 heteroatoms. The molecule has 3 aromatic carbocycles. The fourth-order valence-corrected chi connectivity index (χ4v) is 4.87. The van der Waals surface area contributed by atoms with Gasteiger partial charge in [-0.15, -0.1) is 0 Å². The second kappa shape index (κ2) is 6.16. The number of para-hydroxylation sites is 1. The Morgan fingerprint density at radius 3 is 2.55 bits per heavy atom. The predicted octanol–water partition coefficient (Wildman–Crippen LogP) is 5.94. The van der Waals surface area contributed by atoms with Gasteiger partial charge in [-0.2, -0.15) is 0 Å². The monoisotopic (exact) mass is 398 g/mol. The molecule has 3 heterocycles. The number of aromatic nitrogens is 4. The van der Waals surface area contributed by atoms with Crippen molar-refractivity contribution in [2.45, 2.75) is 6.42 Å². The Labute approximate surface area is 179 Å². The van der Waals surface area contributed by atoms with E-state index in [0.717, 1.165) is 29.1 Å². The molecule has 0 unspecified atom stereocenters. The summed E-state index contributed by atoms with van der Waals surface area (Å²) in [5, 5.41) is 2.42. The van der Waals surface area contributed by atoms with E-state index in [1.165, 1.54) is 33.0 Å². The van der Waals surface area contributed by atoms with E-state index in [1.54, 1.807) is 6.20 Å². The molecule has 6 aromatic rings. The molecule has 0 bridgehead atoms. The van der Waals surface area contributed by atoms with Crippen LogP contribution in [0.25, 0.3) is 44.4 Å². The van der Waals surface area contributed by atoms with Gasteiger partial charge in [0.05, 0.1) is 17.5 Å². The van der Waals surface area contributed by atoms with Crippen molar-refractivity contribution in [2.24, 2.45) is 0 Å². The van der Waals surface area contributed by atoms with Gasteiger partial charge in [0.2, 0.25) is 0 Å². The molecular weight excluding hydrogens is 380 g/mol. The summed E-state index contributed by atoms with van der Waals surface area (Å²) in [4.78, 5) is 9.41. The van der Waals surface area contributed by atoms with Gasteiger partial charge in [0.25, 0.3) is 0 Å². The first-order valence-corrected chi connectivity index (χ1v) is 10.5. The van der Waals surface area contributed by atoms with Crippen molar-refractivity contribution in [3.63, 3.8) is 0 Å². The van der Waals surface area contributed by atoms with Crippen LogP contribution in [0.1, 0.15) is 11.3 Å². The zero-order chi connectivity index (χ0) is 20.4. The summed E-state index contributed by atoms with van der Waals surface area (Å²) >= 11 is 0. The van der Waals surface area contributed by atoms with Crippen LogP contribution in [0.2, 0.25) is 0 Å². The number of nitrogens with zero attached hydrogens (tertiary/aromatic N) is 4. The second-order valence-electron chi connectivity index (χ2n) is 8.03.